The second-order valence-corrected chi connectivity index (χ2v) is 8.33. The molecule has 0 saturated carbocycles. The van der Waals surface area contributed by atoms with Crippen LogP contribution in [0, 0.1) is 0 Å². The molecule has 0 bridgehead atoms. The number of hydrogen-bond acceptors (Lipinski definition) is 5. The lowest BCUT2D eigenvalue weighted by Crippen LogP contribution is -2.22. The summed E-state index contributed by atoms with van der Waals surface area (Å²) in [6.45, 7) is 0.852. The molecule has 0 N–H and O–H groups in total. The van der Waals surface area contributed by atoms with Crippen LogP contribution in [0.1, 0.15) is 11.1 Å². The molecule has 32 heavy (non-hydrogen) atoms. The summed E-state index contributed by atoms with van der Waals surface area (Å²) in [5.74, 6) is 0.643. The Hall–Kier alpha value is -3.99. The van der Waals surface area contributed by atoms with Crippen molar-refractivity contribution in [2.45, 2.75) is 12.8 Å². The lowest BCUT2D eigenvalue weighted by Gasteiger charge is -2.29. The second-order valence-electron chi connectivity index (χ2n) is 8.33. The maximum atomic E-state index is 5.60. The fraction of sp³-hybridized carbons (Fsp3) is 0.148. The Labute approximate surface area is 187 Å². The van der Waals surface area contributed by atoms with Gasteiger partial charge < -0.3 is 19.1 Å². The van der Waals surface area contributed by atoms with Gasteiger partial charge in [-0.2, -0.15) is 0 Å². The molecule has 0 saturated heterocycles. The van der Waals surface area contributed by atoms with Crippen LogP contribution in [-0.2, 0) is 12.8 Å². The first-order valence-corrected chi connectivity index (χ1v) is 10.9. The van der Waals surface area contributed by atoms with Gasteiger partial charge in [-0.1, -0.05) is 30.3 Å². The number of rotatable bonds is 3. The summed E-state index contributed by atoms with van der Waals surface area (Å²) in [5, 5.41) is 0. The van der Waals surface area contributed by atoms with E-state index >= 15 is 0 Å². The van der Waals surface area contributed by atoms with Crippen molar-refractivity contribution in [3.8, 4) is 11.5 Å². The Bertz CT molecular complexity index is 1290. The monoisotopic (exact) mass is 420 g/mol. The van der Waals surface area contributed by atoms with Crippen LogP contribution < -0.4 is 9.80 Å². The molecule has 0 fully saturated rings. The van der Waals surface area contributed by atoms with Crippen LogP contribution in [-0.4, -0.2) is 23.6 Å². The number of nitrogens with zero attached hydrogens (tertiary/aromatic N) is 4. The fourth-order valence-corrected chi connectivity index (χ4v) is 4.61. The average Bonchev–Trinajstić information content (AvgIpc) is 3.48. The first kappa shape index (κ1) is 18.8. The zero-order chi connectivity index (χ0) is 21.5. The molecule has 4 aromatic rings. The summed E-state index contributed by atoms with van der Waals surface area (Å²) in [7, 11) is 2.09. The molecule has 0 atom stereocenters. The summed E-state index contributed by atoms with van der Waals surface area (Å²) in [5.41, 5.74) is 8.38. The van der Waals surface area contributed by atoms with Crippen molar-refractivity contribution < 1.29 is 4.42 Å². The zero-order valence-electron chi connectivity index (χ0n) is 18.0. The van der Waals surface area contributed by atoms with Crippen LogP contribution in [0.5, 0.6) is 0 Å². The van der Waals surface area contributed by atoms with E-state index in [0.29, 0.717) is 5.89 Å². The lowest BCUT2D eigenvalue weighted by atomic mass is 10.0. The van der Waals surface area contributed by atoms with Crippen molar-refractivity contribution in [2.75, 3.05) is 23.5 Å². The minimum atomic E-state index is 0.643. The number of benzene rings is 3. The summed E-state index contributed by atoms with van der Waals surface area (Å²) >= 11 is 0. The molecule has 158 valence electrons. The summed E-state index contributed by atoms with van der Waals surface area (Å²) in [6, 6.07) is 24.0. The molecule has 0 unspecified atom stereocenters. The highest BCUT2D eigenvalue weighted by molar-refractivity contribution is 5.84. The number of hydrogen-bond donors (Lipinski definition) is 0. The Balaban J connectivity index is 1.52. The molecule has 0 aliphatic carbocycles. The highest BCUT2D eigenvalue weighted by Gasteiger charge is 2.24. The molecule has 2 aliphatic heterocycles. The average molecular weight is 421 g/mol. The topological polar surface area (TPSA) is 35.8 Å². The largest absolute Gasteiger partial charge is 0.445 e. The Morgan fingerprint density at radius 3 is 2.47 bits per heavy atom. The van der Waals surface area contributed by atoms with Gasteiger partial charge in [0.1, 0.15) is 6.26 Å². The summed E-state index contributed by atoms with van der Waals surface area (Å²) in [6.07, 6.45) is 9.55. The SMILES string of the molecule is CN1C=CN(c2cccc(N3c4ccccc4CCc4ccc(-c5ncco5)cc43)c2)C1. The third kappa shape index (κ3) is 3.23. The Kier molecular flexibility index (Phi) is 4.46. The van der Waals surface area contributed by atoms with Gasteiger partial charge in [0.15, 0.2) is 0 Å². The molecule has 0 radical (unpaired) electrons. The molecule has 1 aromatic heterocycles. The third-order valence-corrected chi connectivity index (χ3v) is 6.20. The summed E-state index contributed by atoms with van der Waals surface area (Å²) < 4.78 is 5.60. The van der Waals surface area contributed by atoms with Gasteiger partial charge in [-0.05, 0) is 60.4 Å². The number of anilines is 4. The second kappa shape index (κ2) is 7.61. The van der Waals surface area contributed by atoms with Crippen molar-refractivity contribution >= 4 is 22.7 Å². The van der Waals surface area contributed by atoms with Gasteiger partial charge in [0.05, 0.1) is 18.6 Å². The third-order valence-electron chi connectivity index (χ3n) is 6.20. The van der Waals surface area contributed by atoms with Crippen molar-refractivity contribution in [1.82, 2.24) is 9.88 Å². The van der Waals surface area contributed by atoms with E-state index in [1.165, 1.54) is 28.2 Å². The van der Waals surface area contributed by atoms with Gasteiger partial charge >= 0.3 is 0 Å². The lowest BCUT2D eigenvalue weighted by molar-refractivity contribution is 0.496. The van der Waals surface area contributed by atoms with Gasteiger partial charge in [0.25, 0.3) is 0 Å². The van der Waals surface area contributed by atoms with E-state index < -0.39 is 0 Å². The molecule has 6 rings (SSSR count). The molecule has 0 spiro atoms. The van der Waals surface area contributed by atoms with E-state index in [1.54, 1.807) is 12.5 Å². The quantitative estimate of drug-likeness (QED) is 0.401. The minimum absolute atomic E-state index is 0.643. The first-order chi connectivity index (χ1) is 15.8. The molecule has 2 aliphatic rings. The maximum Gasteiger partial charge on any atom is 0.225 e. The van der Waals surface area contributed by atoms with Crippen molar-refractivity contribution in [2.24, 2.45) is 0 Å². The molecule has 3 heterocycles. The highest BCUT2D eigenvalue weighted by atomic mass is 16.3. The van der Waals surface area contributed by atoms with Crippen molar-refractivity contribution in [1.29, 1.82) is 0 Å². The van der Waals surface area contributed by atoms with E-state index in [0.717, 1.165) is 30.8 Å². The van der Waals surface area contributed by atoms with Gasteiger partial charge in [-0.25, -0.2) is 4.98 Å². The van der Waals surface area contributed by atoms with E-state index in [2.05, 4.69) is 106 Å². The van der Waals surface area contributed by atoms with E-state index in [1.807, 2.05) is 0 Å². The number of fused-ring (bicyclic) bond motifs is 2. The van der Waals surface area contributed by atoms with Crippen LogP contribution in [0.4, 0.5) is 22.7 Å². The number of para-hydroxylation sites is 1. The van der Waals surface area contributed by atoms with Crippen LogP contribution in [0.3, 0.4) is 0 Å². The van der Waals surface area contributed by atoms with Crippen LogP contribution >= 0.6 is 0 Å². The van der Waals surface area contributed by atoms with Crippen LogP contribution in [0.25, 0.3) is 11.5 Å². The fourth-order valence-electron chi connectivity index (χ4n) is 4.61. The van der Waals surface area contributed by atoms with Gasteiger partial charge in [-0.3, -0.25) is 0 Å². The molecule has 3 aromatic carbocycles. The number of aromatic nitrogens is 1. The van der Waals surface area contributed by atoms with Crippen LogP contribution in [0.15, 0.2) is 96.0 Å². The zero-order valence-corrected chi connectivity index (χ0v) is 18.0. The van der Waals surface area contributed by atoms with E-state index in [-0.39, 0.29) is 0 Å². The molecule has 5 heteroatoms. The van der Waals surface area contributed by atoms with Crippen molar-refractivity contribution in [3.63, 3.8) is 0 Å². The molecular weight excluding hydrogens is 396 g/mol. The number of aryl methyl sites for hydroxylation is 2. The van der Waals surface area contributed by atoms with E-state index in [9.17, 15) is 0 Å². The first-order valence-electron chi connectivity index (χ1n) is 10.9. The molecule has 5 nitrogen and oxygen atoms in total. The molecule has 0 amide bonds. The predicted molar refractivity (Wildman–Crippen MR) is 128 cm³/mol. The molecular formula is C27H24N4O. The standard InChI is InChI=1S/C27H24N4O/c1-29-14-15-30(19-29)23-6-4-7-24(18-23)31-25-8-3-2-5-20(25)9-10-21-11-12-22(17-26(21)31)27-28-13-16-32-27/h2-8,11-18H,9-10,19H2,1H3. The highest BCUT2D eigenvalue weighted by Crippen LogP contribution is 2.43. The maximum absolute atomic E-state index is 5.60. The predicted octanol–water partition coefficient (Wildman–Crippen LogP) is 6.09. The van der Waals surface area contributed by atoms with E-state index in [4.69, 9.17) is 4.42 Å². The Morgan fingerprint density at radius 2 is 1.66 bits per heavy atom. The normalized spacial score (nSPS) is 15.0. The smallest absolute Gasteiger partial charge is 0.225 e. The van der Waals surface area contributed by atoms with Gasteiger partial charge in [-0.15, -0.1) is 0 Å². The summed E-state index contributed by atoms with van der Waals surface area (Å²) in [4.78, 5) is 11.2. The van der Waals surface area contributed by atoms with Crippen LogP contribution in [0.2, 0.25) is 0 Å². The van der Waals surface area contributed by atoms with Gasteiger partial charge in [0, 0.05) is 42.1 Å². The van der Waals surface area contributed by atoms with Gasteiger partial charge in [0.2, 0.25) is 5.89 Å². The van der Waals surface area contributed by atoms with Crippen molar-refractivity contribution in [3.05, 3.63) is 103 Å². The minimum Gasteiger partial charge on any atom is -0.445 e. The Morgan fingerprint density at radius 1 is 0.812 bits per heavy atom. The number of oxazole rings is 1.